The van der Waals surface area contributed by atoms with E-state index in [1.807, 2.05) is 24.3 Å². The van der Waals surface area contributed by atoms with Crippen molar-refractivity contribution in [1.82, 2.24) is 5.48 Å². The van der Waals surface area contributed by atoms with Gasteiger partial charge in [0.05, 0.1) is 5.71 Å². The van der Waals surface area contributed by atoms with E-state index in [2.05, 4.69) is 17.0 Å². The number of hydrogen-bond donors (Lipinski definition) is 2. The maximum atomic E-state index is 12.8. The van der Waals surface area contributed by atoms with Crippen LogP contribution in [0.2, 0.25) is 0 Å². The zero-order valence-corrected chi connectivity index (χ0v) is 16.1. The highest BCUT2D eigenvalue weighted by Gasteiger charge is 2.35. The lowest BCUT2D eigenvalue weighted by molar-refractivity contribution is -0.129. The van der Waals surface area contributed by atoms with Gasteiger partial charge in [0, 0.05) is 30.6 Å². The molecule has 1 unspecified atom stereocenters. The van der Waals surface area contributed by atoms with Crippen LogP contribution in [-0.4, -0.2) is 49.0 Å². The molecule has 1 fully saturated rings. The summed E-state index contributed by atoms with van der Waals surface area (Å²) in [5.41, 5.74) is 3.65. The topological polar surface area (TPSA) is 105 Å². The van der Waals surface area contributed by atoms with Gasteiger partial charge in [0.2, 0.25) is 0 Å². The van der Waals surface area contributed by atoms with Crippen LogP contribution < -0.4 is 5.48 Å². The molecular formula is C19H21FN2O5S. The molecular weight excluding hydrogens is 387 g/mol. The number of nitrogens with one attached hydrogen (secondary N) is 1. The number of halogens is 1. The maximum Gasteiger partial charge on any atom is 0.261 e. The summed E-state index contributed by atoms with van der Waals surface area (Å²) < 4.78 is 36.3. The van der Waals surface area contributed by atoms with E-state index in [1.165, 1.54) is 5.48 Å². The second-order valence-corrected chi connectivity index (χ2v) is 9.34. The predicted molar refractivity (Wildman–Crippen MR) is 100 cm³/mol. The Morgan fingerprint density at radius 3 is 2.64 bits per heavy atom. The Morgan fingerprint density at radius 2 is 2.07 bits per heavy atom. The van der Waals surface area contributed by atoms with Crippen molar-refractivity contribution in [3.05, 3.63) is 35.4 Å². The van der Waals surface area contributed by atoms with Crippen LogP contribution in [0.1, 0.15) is 36.8 Å². The summed E-state index contributed by atoms with van der Waals surface area (Å²) in [6.07, 6.45) is 0.863. The van der Waals surface area contributed by atoms with Crippen LogP contribution in [0, 0.1) is 17.8 Å². The number of rotatable bonds is 5. The van der Waals surface area contributed by atoms with Gasteiger partial charge in [-0.3, -0.25) is 10.0 Å². The number of amides is 1. The summed E-state index contributed by atoms with van der Waals surface area (Å²) in [5.74, 6) is 5.22. The summed E-state index contributed by atoms with van der Waals surface area (Å²) in [6, 6.07) is 7.34. The summed E-state index contributed by atoms with van der Waals surface area (Å²) in [4.78, 5) is 16.9. The maximum absolute atomic E-state index is 12.8. The first kappa shape index (κ1) is 20.3. The first-order valence-electron chi connectivity index (χ1n) is 8.88. The van der Waals surface area contributed by atoms with Crippen LogP contribution in [-0.2, 0) is 19.5 Å². The van der Waals surface area contributed by atoms with Crippen molar-refractivity contribution >= 4 is 21.5 Å². The van der Waals surface area contributed by atoms with Crippen molar-refractivity contribution in [2.24, 2.45) is 11.1 Å². The average molecular weight is 408 g/mol. The molecule has 0 spiro atoms. The van der Waals surface area contributed by atoms with Crippen LogP contribution in [0.25, 0.3) is 0 Å². The van der Waals surface area contributed by atoms with E-state index >= 15 is 0 Å². The fraction of sp³-hybridized carbons (Fsp3) is 0.474. The van der Waals surface area contributed by atoms with Gasteiger partial charge in [0.1, 0.15) is 17.5 Å². The minimum Gasteiger partial charge on any atom is -0.392 e. The van der Waals surface area contributed by atoms with Gasteiger partial charge >= 0.3 is 0 Å². The zero-order chi connectivity index (χ0) is 20.3. The van der Waals surface area contributed by atoms with E-state index in [4.69, 9.17) is 10.0 Å². The fourth-order valence-electron chi connectivity index (χ4n) is 3.11. The van der Waals surface area contributed by atoms with E-state index in [0.29, 0.717) is 25.0 Å². The smallest absolute Gasteiger partial charge is 0.261 e. The molecule has 28 heavy (non-hydrogen) atoms. The third-order valence-corrected chi connectivity index (χ3v) is 6.29. The van der Waals surface area contributed by atoms with Crippen molar-refractivity contribution in [1.29, 1.82) is 0 Å². The molecule has 1 aromatic rings. The Bertz CT molecular complexity index is 927. The lowest BCUT2D eigenvalue weighted by Crippen LogP contribution is -2.40. The number of nitrogens with zero attached hydrogens (tertiary/aromatic N) is 1. The first-order valence-corrected chi connectivity index (χ1v) is 10.8. The molecule has 0 bridgehead atoms. The van der Waals surface area contributed by atoms with Crippen LogP contribution >= 0.6 is 0 Å². The Labute approximate surface area is 162 Å². The van der Waals surface area contributed by atoms with Gasteiger partial charge in [-0.25, -0.2) is 18.3 Å². The minimum absolute atomic E-state index is 0.112. The molecule has 2 aliphatic rings. The lowest BCUT2D eigenvalue weighted by atomic mass is 9.84. The predicted octanol–water partition coefficient (Wildman–Crippen LogP) is 1.59. The molecule has 0 aromatic heterocycles. The lowest BCUT2D eigenvalue weighted by Gasteiger charge is -2.24. The van der Waals surface area contributed by atoms with E-state index in [9.17, 15) is 17.6 Å². The molecule has 2 atom stereocenters. The minimum atomic E-state index is -3.71. The van der Waals surface area contributed by atoms with Gasteiger partial charge in [0.25, 0.3) is 5.91 Å². The van der Waals surface area contributed by atoms with Gasteiger partial charge in [0.15, 0.2) is 9.84 Å². The largest absolute Gasteiger partial charge is 0.392 e. The van der Waals surface area contributed by atoms with Crippen LogP contribution in [0.5, 0.6) is 0 Å². The van der Waals surface area contributed by atoms with Gasteiger partial charge in [-0.2, -0.15) is 0 Å². The standard InChI is InChI=1S/C19H21FN2O5S/c1-28(25,26)18(19(23)21-24)11-16-10-17(22-27-16)14-6-4-12(5-7-14)2-3-13-8-15(20)9-13/h4-7,13,15-16,18,24H,8-11H2,1H3,(H,21,23)/t13?,15?,16-,18?/m1/s1. The van der Waals surface area contributed by atoms with Gasteiger partial charge < -0.3 is 4.84 Å². The quantitative estimate of drug-likeness (QED) is 0.437. The number of sulfone groups is 1. The Balaban J connectivity index is 1.59. The van der Waals surface area contributed by atoms with Crippen molar-refractivity contribution in [3.8, 4) is 11.8 Å². The number of alkyl halides is 1. The second kappa shape index (κ2) is 8.29. The highest BCUT2D eigenvalue weighted by atomic mass is 32.2. The number of benzene rings is 1. The Morgan fingerprint density at radius 1 is 1.39 bits per heavy atom. The number of carbonyl (C=O) groups is 1. The van der Waals surface area contributed by atoms with E-state index in [-0.39, 0.29) is 12.3 Å². The molecule has 1 amide bonds. The Hall–Kier alpha value is -2.44. The summed E-state index contributed by atoms with van der Waals surface area (Å²) in [7, 11) is -3.71. The molecule has 2 N–H and O–H groups in total. The molecule has 0 saturated heterocycles. The van der Waals surface area contributed by atoms with Crippen molar-refractivity contribution in [2.45, 2.75) is 43.2 Å². The van der Waals surface area contributed by atoms with Gasteiger partial charge in [-0.05, 0) is 30.5 Å². The van der Waals surface area contributed by atoms with Crippen LogP contribution in [0.15, 0.2) is 29.4 Å². The highest BCUT2D eigenvalue weighted by molar-refractivity contribution is 7.92. The molecule has 150 valence electrons. The summed E-state index contributed by atoms with van der Waals surface area (Å²) in [5, 5.41) is 11.3. The van der Waals surface area contributed by atoms with Crippen molar-refractivity contribution in [2.75, 3.05) is 6.26 Å². The molecule has 9 heteroatoms. The second-order valence-electron chi connectivity index (χ2n) is 7.11. The molecule has 0 radical (unpaired) electrons. The summed E-state index contributed by atoms with van der Waals surface area (Å²) in [6.45, 7) is 0. The monoisotopic (exact) mass is 408 g/mol. The van der Waals surface area contributed by atoms with Crippen LogP contribution in [0.4, 0.5) is 4.39 Å². The molecule has 1 aromatic carbocycles. The number of oxime groups is 1. The van der Waals surface area contributed by atoms with Crippen molar-refractivity contribution in [3.63, 3.8) is 0 Å². The Kier molecular flexibility index (Phi) is 6.01. The van der Waals surface area contributed by atoms with Gasteiger partial charge in [-0.15, -0.1) is 0 Å². The van der Waals surface area contributed by atoms with Crippen LogP contribution in [0.3, 0.4) is 0 Å². The zero-order valence-electron chi connectivity index (χ0n) is 15.3. The molecule has 3 rings (SSSR count). The third kappa shape index (κ3) is 4.88. The molecule has 7 nitrogen and oxygen atoms in total. The average Bonchev–Trinajstić information content (AvgIpc) is 3.10. The molecule has 1 heterocycles. The van der Waals surface area contributed by atoms with E-state index in [0.717, 1.165) is 17.4 Å². The van der Waals surface area contributed by atoms with E-state index < -0.39 is 33.3 Å². The highest BCUT2D eigenvalue weighted by Crippen LogP contribution is 2.29. The van der Waals surface area contributed by atoms with Gasteiger partial charge in [-0.1, -0.05) is 29.1 Å². The van der Waals surface area contributed by atoms with E-state index in [1.54, 1.807) is 0 Å². The normalized spacial score (nSPS) is 24.8. The molecule has 1 aliphatic heterocycles. The number of hydroxylamine groups is 1. The van der Waals surface area contributed by atoms with Crippen molar-refractivity contribution < 1.29 is 27.6 Å². The first-order chi connectivity index (χ1) is 13.3. The summed E-state index contributed by atoms with van der Waals surface area (Å²) >= 11 is 0. The number of carbonyl (C=O) groups excluding carboxylic acids is 1. The third-order valence-electron chi connectivity index (χ3n) is 4.85. The molecule has 1 saturated carbocycles. The number of hydrogen-bond acceptors (Lipinski definition) is 6. The fourth-order valence-corrected chi connectivity index (χ4v) is 4.12. The molecule has 1 aliphatic carbocycles. The SMILES string of the molecule is CS(=O)(=O)C(C[C@H]1CC(c2ccc(C#CC3CC(F)C3)cc2)=NO1)C(=O)NO.